The van der Waals surface area contributed by atoms with Crippen LogP contribution in [0.2, 0.25) is 0 Å². The van der Waals surface area contributed by atoms with Gasteiger partial charge in [0.05, 0.1) is 18.8 Å². The molecule has 6 nitrogen and oxygen atoms in total. The number of aromatic nitrogens is 2. The topological polar surface area (TPSA) is 67.6 Å². The van der Waals surface area contributed by atoms with Crippen LogP contribution in [0.3, 0.4) is 0 Å². The lowest BCUT2D eigenvalue weighted by Crippen LogP contribution is -2.50. The molecule has 1 aliphatic heterocycles. The van der Waals surface area contributed by atoms with Crippen molar-refractivity contribution in [1.82, 2.24) is 9.55 Å². The summed E-state index contributed by atoms with van der Waals surface area (Å²) in [6.45, 7) is 5.54. The molecule has 1 fully saturated rings. The summed E-state index contributed by atoms with van der Waals surface area (Å²) < 4.78 is 7.18. The van der Waals surface area contributed by atoms with E-state index >= 15 is 0 Å². The van der Waals surface area contributed by atoms with E-state index < -0.39 is 0 Å². The Morgan fingerprint density at radius 1 is 1.56 bits per heavy atom. The van der Waals surface area contributed by atoms with Gasteiger partial charge in [-0.2, -0.15) is 0 Å². The standard InChI is InChI=1S/C12H19N3O3/c1-3-14-5-4-13-11(12(14)17)15-6-9(2)18-10(7-15)8-16/h4-5,9-10,16H,3,6-8H2,1-2H3. The number of aliphatic hydroxyl groups excluding tert-OH is 1. The van der Waals surface area contributed by atoms with Gasteiger partial charge in [0.2, 0.25) is 0 Å². The Kier molecular flexibility index (Phi) is 3.98. The van der Waals surface area contributed by atoms with E-state index in [2.05, 4.69) is 4.98 Å². The third-order valence-electron chi connectivity index (χ3n) is 3.07. The number of rotatable bonds is 3. The Morgan fingerprint density at radius 2 is 2.33 bits per heavy atom. The number of hydrogen-bond donors (Lipinski definition) is 1. The van der Waals surface area contributed by atoms with Gasteiger partial charge in [-0.1, -0.05) is 0 Å². The van der Waals surface area contributed by atoms with Crippen LogP contribution >= 0.6 is 0 Å². The zero-order chi connectivity index (χ0) is 13.1. The summed E-state index contributed by atoms with van der Waals surface area (Å²) in [4.78, 5) is 18.2. The second-order valence-corrected chi connectivity index (χ2v) is 4.50. The Hall–Kier alpha value is -1.40. The number of nitrogens with zero attached hydrogens (tertiary/aromatic N) is 3. The lowest BCUT2D eigenvalue weighted by atomic mass is 10.2. The first kappa shape index (κ1) is 13.0. The molecular weight excluding hydrogens is 234 g/mol. The molecule has 0 spiro atoms. The number of aliphatic hydroxyl groups is 1. The summed E-state index contributed by atoms with van der Waals surface area (Å²) in [6.07, 6.45) is 3.03. The molecule has 18 heavy (non-hydrogen) atoms. The van der Waals surface area contributed by atoms with E-state index in [0.29, 0.717) is 25.5 Å². The second-order valence-electron chi connectivity index (χ2n) is 4.50. The molecule has 1 aromatic rings. The van der Waals surface area contributed by atoms with Gasteiger partial charge in [-0.15, -0.1) is 0 Å². The maximum Gasteiger partial charge on any atom is 0.293 e. The first-order valence-electron chi connectivity index (χ1n) is 6.22. The van der Waals surface area contributed by atoms with E-state index in [0.717, 1.165) is 0 Å². The Balaban J connectivity index is 2.28. The minimum Gasteiger partial charge on any atom is -0.394 e. The van der Waals surface area contributed by atoms with E-state index in [1.54, 1.807) is 17.0 Å². The largest absolute Gasteiger partial charge is 0.394 e. The fourth-order valence-corrected chi connectivity index (χ4v) is 2.22. The number of aryl methyl sites for hydroxylation is 1. The number of hydrogen-bond acceptors (Lipinski definition) is 5. The second kappa shape index (κ2) is 5.49. The van der Waals surface area contributed by atoms with Crippen molar-refractivity contribution in [2.24, 2.45) is 0 Å². The van der Waals surface area contributed by atoms with Crippen LogP contribution in [0.1, 0.15) is 13.8 Å². The van der Waals surface area contributed by atoms with E-state index in [4.69, 9.17) is 4.74 Å². The molecule has 2 atom stereocenters. The average molecular weight is 253 g/mol. The Labute approximate surface area is 106 Å². The van der Waals surface area contributed by atoms with Crippen LogP contribution in [0.25, 0.3) is 0 Å². The van der Waals surface area contributed by atoms with Crippen LogP contribution in [0.4, 0.5) is 5.82 Å². The van der Waals surface area contributed by atoms with Gasteiger partial charge in [-0.25, -0.2) is 4.98 Å². The van der Waals surface area contributed by atoms with Crippen molar-refractivity contribution in [3.63, 3.8) is 0 Å². The molecule has 1 aliphatic rings. The first-order valence-corrected chi connectivity index (χ1v) is 6.22. The highest BCUT2D eigenvalue weighted by atomic mass is 16.5. The summed E-state index contributed by atoms with van der Waals surface area (Å²) in [5.41, 5.74) is -0.0919. The van der Waals surface area contributed by atoms with Crippen LogP contribution in [-0.2, 0) is 11.3 Å². The van der Waals surface area contributed by atoms with E-state index in [-0.39, 0.29) is 24.4 Å². The Morgan fingerprint density at radius 3 is 3.00 bits per heavy atom. The van der Waals surface area contributed by atoms with Crippen molar-refractivity contribution in [3.05, 3.63) is 22.7 Å². The minimum absolute atomic E-state index is 0.0209. The highest BCUT2D eigenvalue weighted by Crippen LogP contribution is 2.14. The molecule has 100 valence electrons. The first-order chi connectivity index (χ1) is 8.65. The maximum absolute atomic E-state index is 12.2. The smallest absolute Gasteiger partial charge is 0.293 e. The molecule has 0 aliphatic carbocycles. The predicted molar refractivity (Wildman–Crippen MR) is 67.8 cm³/mol. The molecule has 2 heterocycles. The molecule has 0 amide bonds. The fraction of sp³-hybridized carbons (Fsp3) is 0.667. The highest BCUT2D eigenvalue weighted by molar-refractivity contribution is 5.36. The lowest BCUT2D eigenvalue weighted by molar-refractivity contribution is -0.0423. The summed E-state index contributed by atoms with van der Waals surface area (Å²) in [7, 11) is 0. The van der Waals surface area contributed by atoms with Gasteiger partial charge in [0.15, 0.2) is 5.82 Å². The molecule has 0 saturated carbocycles. The van der Waals surface area contributed by atoms with E-state index in [1.807, 2.05) is 18.7 Å². The lowest BCUT2D eigenvalue weighted by Gasteiger charge is -2.36. The van der Waals surface area contributed by atoms with Crippen LogP contribution < -0.4 is 10.5 Å². The third-order valence-corrected chi connectivity index (χ3v) is 3.07. The normalized spacial score (nSPS) is 24.3. The Bertz CT molecular complexity index is 460. The number of anilines is 1. The molecule has 2 rings (SSSR count). The van der Waals surface area contributed by atoms with Gasteiger partial charge >= 0.3 is 0 Å². The molecule has 1 N–H and O–H groups in total. The molecule has 0 aromatic carbocycles. The van der Waals surface area contributed by atoms with Gasteiger partial charge in [-0.3, -0.25) is 4.79 Å². The van der Waals surface area contributed by atoms with Gasteiger partial charge < -0.3 is 19.3 Å². The zero-order valence-electron chi connectivity index (χ0n) is 10.7. The van der Waals surface area contributed by atoms with Crippen molar-refractivity contribution in [2.45, 2.75) is 32.6 Å². The molecule has 0 bridgehead atoms. The number of ether oxygens (including phenoxy) is 1. The summed E-state index contributed by atoms with van der Waals surface area (Å²) >= 11 is 0. The van der Waals surface area contributed by atoms with Crippen molar-refractivity contribution in [2.75, 3.05) is 24.6 Å². The monoisotopic (exact) mass is 253 g/mol. The minimum atomic E-state index is -0.259. The van der Waals surface area contributed by atoms with Gasteiger partial charge in [-0.05, 0) is 13.8 Å². The van der Waals surface area contributed by atoms with Gasteiger partial charge in [0.25, 0.3) is 5.56 Å². The van der Waals surface area contributed by atoms with Crippen molar-refractivity contribution >= 4 is 5.82 Å². The fourth-order valence-electron chi connectivity index (χ4n) is 2.22. The average Bonchev–Trinajstić information content (AvgIpc) is 2.38. The van der Waals surface area contributed by atoms with Crippen molar-refractivity contribution in [3.8, 4) is 0 Å². The summed E-state index contributed by atoms with van der Waals surface area (Å²) in [6, 6.07) is 0. The molecule has 2 unspecified atom stereocenters. The predicted octanol–water partition coefficient (Wildman–Crippen LogP) is -0.151. The van der Waals surface area contributed by atoms with Crippen LogP contribution in [0.15, 0.2) is 17.2 Å². The number of morpholine rings is 1. The van der Waals surface area contributed by atoms with E-state index in [1.165, 1.54) is 0 Å². The molecule has 0 radical (unpaired) electrons. The van der Waals surface area contributed by atoms with Crippen LogP contribution in [-0.4, -0.2) is 46.6 Å². The van der Waals surface area contributed by atoms with Gasteiger partial charge in [0.1, 0.15) is 0 Å². The SMILES string of the molecule is CCn1ccnc(N2CC(C)OC(CO)C2)c1=O. The van der Waals surface area contributed by atoms with Crippen LogP contribution in [0, 0.1) is 0 Å². The molecule has 1 saturated heterocycles. The zero-order valence-corrected chi connectivity index (χ0v) is 10.7. The van der Waals surface area contributed by atoms with Crippen molar-refractivity contribution in [1.29, 1.82) is 0 Å². The summed E-state index contributed by atoms with van der Waals surface area (Å²) in [5.74, 6) is 0.438. The van der Waals surface area contributed by atoms with Crippen LogP contribution in [0.5, 0.6) is 0 Å². The molecule has 1 aromatic heterocycles. The molecular formula is C12H19N3O3. The molecule has 6 heteroatoms. The van der Waals surface area contributed by atoms with E-state index in [9.17, 15) is 9.90 Å². The highest BCUT2D eigenvalue weighted by Gasteiger charge is 2.27. The maximum atomic E-state index is 12.2. The van der Waals surface area contributed by atoms with Crippen molar-refractivity contribution < 1.29 is 9.84 Å². The quantitative estimate of drug-likeness (QED) is 0.811. The van der Waals surface area contributed by atoms with Gasteiger partial charge in [0, 0.05) is 32.0 Å². The summed E-state index contributed by atoms with van der Waals surface area (Å²) in [5, 5.41) is 9.19. The third kappa shape index (κ3) is 2.54.